The molecular formula is C17H34O3. The fourth-order valence-corrected chi connectivity index (χ4v) is 2.96. The third-order valence-electron chi connectivity index (χ3n) is 4.47. The number of rotatable bonds is 8. The van der Waals surface area contributed by atoms with Crippen LogP contribution in [0.3, 0.4) is 0 Å². The summed E-state index contributed by atoms with van der Waals surface area (Å²) in [7, 11) is 0. The molecular weight excluding hydrogens is 252 g/mol. The van der Waals surface area contributed by atoms with Gasteiger partial charge < -0.3 is 14.2 Å². The fourth-order valence-electron chi connectivity index (χ4n) is 2.96. The molecule has 1 saturated heterocycles. The third-order valence-corrected chi connectivity index (χ3v) is 4.47. The molecule has 0 spiro atoms. The predicted octanol–water partition coefficient (Wildman–Crippen LogP) is 3.90. The lowest BCUT2D eigenvalue weighted by Crippen LogP contribution is -2.45. The van der Waals surface area contributed by atoms with Crippen molar-refractivity contribution >= 4 is 0 Å². The van der Waals surface area contributed by atoms with Gasteiger partial charge in [0.15, 0.2) is 0 Å². The van der Waals surface area contributed by atoms with E-state index >= 15 is 0 Å². The first kappa shape index (κ1) is 17.9. The first-order chi connectivity index (χ1) is 9.27. The molecule has 1 fully saturated rings. The van der Waals surface area contributed by atoms with Gasteiger partial charge in [-0.25, -0.2) is 0 Å². The van der Waals surface area contributed by atoms with Crippen LogP contribution in [-0.2, 0) is 14.2 Å². The second-order valence-corrected chi connectivity index (χ2v) is 7.14. The van der Waals surface area contributed by atoms with Gasteiger partial charge in [0.25, 0.3) is 0 Å². The van der Waals surface area contributed by atoms with Gasteiger partial charge in [-0.1, -0.05) is 13.8 Å². The summed E-state index contributed by atoms with van der Waals surface area (Å²) in [4.78, 5) is 0. The molecule has 0 radical (unpaired) electrons. The van der Waals surface area contributed by atoms with Crippen LogP contribution in [0, 0.1) is 17.8 Å². The molecule has 0 aromatic rings. The lowest BCUT2D eigenvalue weighted by Gasteiger charge is -2.37. The van der Waals surface area contributed by atoms with Crippen molar-refractivity contribution in [3.05, 3.63) is 0 Å². The van der Waals surface area contributed by atoms with Crippen LogP contribution < -0.4 is 0 Å². The normalized spacial score (nSPS) is 25.6. The maximum Gasteiger partial charge on any atom is 0.0701 e. The number of hydrogen-bond donors (Lipinski definition) is 0. The highest BCUT2D eigenvalue weighted by Gasteiger charge is 2.41. The second kappa shape index (κ2) is 7.77. The molecule has 1 heterocycles. The molecule has 1 aliphatic rings. The van der Waals surface area contributed by atoms with Gasteiger partial charge in [-0.15, -0.1) is 0 Å². The first-order valence-electron chi connectivity index (χ1n) is 8.15. The van der Waals surface area contributed by atoms with Gasteiger partial charge in [0.05, 0.1) is 31.0 Å². The Labute approximate surface area is 125 Å². The van der Waals surface area contributed by atoms with Gasteiger partial charge in [0.2, 0.25) is 0 Å². The molecule has 20 heavy (non-hydrogen) atoms. The van der Waals surface area contributed by atoms with Crippen LogP contribution in [0.5, 0.6) is 0 Å². The van der Waals surface area contributed by atoms with E-state index in [0.717, 1.165) is 19.6 Å². The predicted molar refractivity (Wildman–Crippen MR) is 83.0 cm³/mol. The van der Waals surface area contributed by atoms with Crippen molar-refractivity contribution in [3.63, 3.8) is 0 Å². The molecule has 1 aliphatic heterocycles. The van der Waals surface area contributed by atoms with Crippen LogP contribution in [0.1, 0.15) is 54.9 Å². The molecule has 0 N–H and O–H groups in total. The molecule has 0 aliphatic carbocycles. The van der Waals surface area contributed by atoms with Crippen LogP contribution in [0.4, 0.5) is 0 Å². The molecule has 3 atom stereocenters. The van der Waals surface area contributed by atoms with Gasteiger partial charge in [-0.2, -0.15) is 0 Å². The maximum absolute atomic E-state index is 6.09. The quantitative estimate of drug-likeness (QED) is 0.677. The van der Waals surface area contributed by atoms with E-state index in [0.29, 0.717) is 18.4 Å². The Balaban J connectivity index is 2.72. The highest BCUT2D eigenvalue weighted by atomic mass is 16.5. The Hall–Kier alpha value is -0.120. The van der Waals surface area contributed by atoms with Gasteiger partial charge in [0, 0.05) is 12.5 Å². The molecule has 0 aromatic heterocycles. The van der Waals surface area contributed by atoms with Crippen LogP contribution >= 0.6 is 0 Å². The number of ether oxygens (including phenoxy) is 3. The van der Waals surface area contributed by atoms with Gasteiger partial charge in [-0.05, 0) is 52.9 Å². The summed E-state index contributed by atoms with van der Waals surface area (Å²) >= 11 is 0. The average molecular weight is 286 g/mol. The first-order valence-corrected chi connectivity index (χ1v) is 8.15. The molecule has 1 rings (SSSR count). The highest BCUT2D eigenvalue weighted by Crippen LogP contribution is 2.36. The zero-order chi connectivity index (χ0) is 15.3. The van der Waals surface area contributed by atoms with E-state index in [4.69, 9.17) is 14.2 Å². The summed E-state index contributed by atoms with van der Waals surface area (Å²) in [5.74, 6) is 1.63. The summed E-state index contributed by atoms with van der Waals surface area (Å²) in [6.07, 6.45) is 1.63. The maximum atomic E-state index is 6.09. The van der Waals surface area contributed by atoms with Crippen molar-refractivity contribution in [1.82, 2.24) is 0 Å². The highest BCUT2D eigenvalue weighted by molar-refractivity contribution is 4.90. The van der Waals surface area contributed by atoms with Crippen molar-refractivity contribution in [2.75, 3.05) is 19.8 Å². The largest absolute Gasteiger partial charge is 0.378 e. The van der Waals surface area contributed by atoms with Crippen molar-refractivity contribution in [2.45, 2.75) is 72.7 Å². The van der Waals surface area contributed by atoms with Gasteiger partial charge in [-0.3, -0.25) is 0 Å². The van der Waals surface area contributed by atoms with Crippen LogP contribution in [0.25, 0.3) is 0 Å². The zero-order valence-electron chi connectivity index (χ0n) is 14.4. The van der Waals surface area contributed by atoms with E-state index < -0.39 is 0 Å². The van der Waals surface area contributed by atoms with E-state index in [-0.39, 0.29) is 23.7 Å². The van der Waals surface area contributed by atoms with Crippen molar-refractivity contribution < 1.29 is 14.2 Å². The van der Waals surface area contributed by atoms with Gasteiger partial charge >= 0.3 is 0 Å². The molecule has 0 amide bonds. The Morgan fingerprint density at radius 2 is 1.85 bits per heavy atom. The average Bonchev–Trinajstić information content (AvgIpc) is 2.77. The van der Waals surface area contributed by atoms with Crippen molar-refractivity contribution in [3.8, 4) is 0 Å². The summed E-state index contributed by atoms with van der Waals surface area (Å²) < 4.78 is 18.0. The van der Waals surface area contributed by atoms with Gasteiger partial charge in [0.1, 0.15) is 0 Å². The van der Waals surface area contributed by atoms with Crippen LogP contribution in [-0.4, -0.2) is 37.6 Å². The van der Waals surface area contributed by atoms with Crippen LogP contribution in [0.15, 0.2) is 0 Å². The Morgan fingerprint density at radius 1 is 1.20 bits per heavy atom. The molecule has 3 heteroatoms. The molecule has 0 saturated carbocycles. The monoisotopic (exact) mass is 286 g/mol. The Kier molecular flexibility index (Phi) is 6.96. The van der Waals surface area contributed by atoms with Crippen LogP contribution in [0.2, 0.25) is 0 Å². The minimum atomic E-state index is -0.208. The van der Waals surface area contributed by atoms with Crippen molar-refractivity contribution in [2.24, 2.45) is 17.8 Å². The summed E-state index contributed by atoms with van der Waals surface area (Å²) in [6, 6.07) is 0. The zero-order valence-corrected chi connectivity index (χ0v) is 14.4. The molecule has 3 unspecified atom stereocenters. The standard InChI is InChI=1S/C17H34O3/c1-8-20-17(6,7)15(11-18-13(4)5)16-9-14(10-19-16)12(2)3/h12-16H,8-11H2,1-7H3. The van der Waals surface area contributed by atoms with E-state index in [1.54, 1.807) is 0 Å². The minimum absolute atomic E-state index is 0.208. The SMILES string of the molecule is CCOC(C)(C)C(COC(C)C)C1CC(C(C)C)CO1. The molecule has 0 bridgehead atoms. The second-order valence-electron chi connectivity index (χ2n) is 7.14. The lowest BCUT2D eigenvalue weighted by molar-refractivity contribution is -0.127. The summed E-state index contributed by atoms with van der Waals surface area (Å²) in [5.41, 5.74) is -0.208. The van der Waals surface area contributed by atoms with E-state index in [1.807, 2.05) is 0 Å². The minimum Gasteiger partial charge on any atom is -0.378 e. The summed E-state index contributed by atoms with van der Waals surface area (Å²) in [5, 5.41) is 0. The Morgan fingerprint density at radius 3 is 2.30 bits per heavy atom. The fraction of sp³-hybridized carbons (Fsp3) is 1.00. The van der Waals surface area contributed by atoms with Crippen molar-refractivity contribution in [1.29, 1.82) is 0 Å². The molecule has 0 aromatic carbocycles. The third kappa shape index (κ3) is 5.01. The number of hydrogen-bond acceptors (Lipinski definition) is 3. The summed E-state index contributed by atoms with van der Waals surface area (Å²) in [6.45, 7) is 17.4. The lowest BCUT2D eigenvalue weighted by atomic mass is 9.82. The smallest absolute Gasteiger partial charge is 0.0701 e. The molecule has 3 nitrogen and oxygen atoms in total. The topological polar surface area (TPSA) is 27.7 Å². The van der Waals surface area contributed by atoms with E-state index in [2.05, 4.69) is 48.5 Å². The molecule has 120 valence electrons. The van der Waals surface area contributed by atoms with E-state index in [9.17, 15) is 0 Å². The Bertz CT molecular complexity index is 273. The van der Waals surface area contributed by atoms with E-state index in [1.165, 1.54) is 0 Å².